The molecule has 0 N–H and O–H groups in total. The second kappa shape index (κ2) is 4.95. The van der Waals surface area contributed by atoms with Gasteiger partial charge < -0.3 is 4.74 Å². The summed E-state index contributed by atoms with van der Waals surface area (Å²) < 4.78 is 29.2. The van der Waals surface area contributed by atoms with Crippen molar-refractivity contribution in [1.82, 2.24) is 0 Å². The van der Waals surface area contributed by atoms with E-state index in [4.69, 9.17) is 4.74 Å². The summed E-state index contributed by atoms with van der Waals surface area (Å²) in [6, 6.07) is 11.5. The standard InChI is InChI=1S/C14H17NO3S/c1-3-18-10-14(9-15)12(13(14)19(2,16)17)11-7-5-4-6-8-11/h4-8,12-13H,3,10H2,1-2H3/t12-,13+,14+/m1/s1. The van der Waals surface area contributed by atoms with Gasteiger partial charge in [0.15, 0.2) is 9.84 Å². The molecule has 1 aliphatic rings. The van der Waals surface area contributed by atoms with Crippen LogP contribution < -0.4 is 0 Å². The molecule has 1 saturated carbocycles. The highest BCUT2D eigenvalue weighted by Gasteiger charge is 2.71. The maximum absolute atomic E-state index is 11.9. The Hall–Kier alpha value is -1.38. The largest absolute Gasteiger partial charge is 0.380 e. The van der Waals surface area contributed by atoms with E-state index in [9.17, 15) is 13.7 Å². The lowest BCUT2D eigenvalue weighted by atomic mass is 10.0. The van der Waals surface area contributed by atoms with Crippen LogP contribution in [0.3, 0.4) is 0 Å². The van der Waals surface area contributed by atoms with Crippen LogP contribution in [0.1, 0.15) is 18.4 Å². The minimum atomic E-state index is -3.28. The summed E-state index contributed by atoms with van der Waals surface area (Å²) in [6.45, 7) is 2.47. The second-order valence-corrected chi connectivity index (χ2v) is 7.09. The maximum atomic E-state index is 11.9. The van der Waals surface area contributed by atoms with Crippen molar-refractivity contribution in [3.63, 3.8) is 0 Å². The highest BCUT2D eigenvalue weighted by Crippen LogP contribution is 2.62. The van der Waals surface area contributed by atoms with Crippen LogP contribution in [0.15, 0.2) is 30.3 Å². The van der Waals surface area contributed by atoms with Crippen molar-refractivity contribution < 1.29 is 13.2 Å². The van der Waals surface area contributed by atoms with Gasteiger partial charge in [-0.1, -0.05) is 30.3 Å². The smallest absolute Gasteiger partial charge is 0.152 e. The minimum absolute atomic E-state index is 0.164. The number of ether oxygens (including phenoxy) is 1. The molecule has 5 heteroatoms. The van der Waals surface area contributed by atoms with Crippen LogP contribution in [0.2, 0.25) is 0 Å². The van der Waals surface area contributed by atoms with Crippen molar-refractivity contribution in [1.29, 1.82) is 5.26 Å². The molecular weight excluding hydrogens is 262 g/mol. The number of sulfone groups is 1. The minimum Gasteiger partial charge on any atom is -0.380 e. The average Bonchev–Trinajstić information content (AvgIpc) is 3.07. The predicted molar refractivity (Wildman–Crippen MR) is 72.4 cm³/mol. The van der Waals surface area contributed by atoms with Crippen LogP contribution in [0.5, 0.6) is 0 Å². The molecule has 0 unspecified atom stereocenters. The van der Waals surface area contributed by atoms with Crippen LogP contribution in [0.4, 0.5) is 0 Å². The monoisotopic (exact) mass is 279 g/mol. The van der Waals surface area contributed by atoms with Gasteiger partial charge in [0.2, 0.25) is 0 Å². The average molecular weight is 279 g/mol. The van der Waals surface area contributed by atoms with E-state index in [2.05, 4.69) is 6.07 Å². The van der Waals surface area contributed by atoms with Crippen LogP contribution in [0, 0.1) is 16.7 Å². The van der Waals surface area contributed by atoms with Gasteiger partial charge in [-0.05, 0) is 12.5 Å². The molecule has 0 radical (unpaired) electrons. The quantitative estimate of drug-likeness (QED) is 0.823. The molecule has 0 aliphatic heterocycles. The number of rotatable bonds is 5. The summed E-state index contributed by atoms with van der Waals surface area (Å²) >= 11 is 0. The van der Waals surface area contributed by atoms with E-state index in [1.807, 2.05) is 37.3 Å². The second-order valence-electron chi connectivity index (χ2n) is 4.93. The lowest BCUT2D eigenvalue weighted by molar-refractivity contribution is 0.117. The molecule has 0 spiro atoms. The van der Waals surface area contributed by atoms with Crippen LogP contribution in [0.25, 0.3) is 0 Å². The lowest BCUT2D eigenvalue weighted by Gasteiger charge is -2.08. The molecule has 3 atom stereocenters. The molecule has 0 aromatic heterocycles. The summed E-state index contributed by atoms with van der Waals surface area (Å²) in [4.78, 5) is 0. The molecule has 1 fully saturated rings. The Morgan fingerprint density at radius 3 is 2.47 bits per heavy atom. The Morgan fingerprint density at radius 2 is 2.00 bits per heavy atom. The van der Waals surface area contributed by atoms with E-state index in [-0.39, 0.29) is 12.5 Å². The molecule has 2 rings (SSSR count). The molecule has 0 bridgehead atoms. The zero-order valence-electron chi connectivity index (χ0n) is 11.0. The Kier molecular flexibility index (Phi) is 3.66. The van der Waals surface area contributed by atoms with E-state index in [0.29, 0.717) is 6.61 Å². The fourth-order valence-corrected chi connectivity index (χ4v) is 4.62. The van der Waals surface area contributed by atoms with Gasteiger partial charge >= 0.3 is 0 Å². The van der Waals surface area contributed by atoms with Gasteiger partial charge in [0.25, 0.3) is 0 Å². The van der Waals surface area contributed by atoms with Crippen molar-refractivity contribution in [3.8, 4) is 6.07 Å². The van der Waals surface area contributed by atoms with E-state index >= 15 is 0 Å². The first-order valence-electron chi connectivity index (χ1n) is 6.20. The summed E-state index contributed by atoms with van der Waals surface area (Å²) in [5, 5.41) is 8.79. The third-order valence-electron chi connectivity index (χ3n) is 3.63. The van der Waals surface area contributed by atoms with Crippen molar-refractivity contribution in [2.75, 3.05) is 19.5 Å². The molecule has 0 saturated heterocycles. The van der Waals surface area contributed by atoms with Gasteiger partial charge in [-0.15, -0.1) is 0 Å². The topological polar surface area (TPSA) is 67.2 Å². The van der Waals surface area contributed by atoms with E-state index < -0.39 is 20.5 Å². The summed E-state index contributed by atoms with van der Waals surface area (Å²) in [7, 11) is -3.28. The molecule has 4 nitrogen and oxygen atoms in total. The first-order chi connectivity index (χ1) is 8.97. The zero-order valence-corrected chi connectivity index (χ0v) is 11.9. The zero-order chi connectivity index (χ0) is 14.1. The Labute approximate surface area is 113 Å². The fraction of sp³-hybridized carbons (Fsp3) is 0.500. The van der Waals surface area contributed by atoms with Crippen molar-refractivity contribution in [3.05, 3.63) is 35.9 Å². The maximum Gasteiger partial charge on any atom is 0.152 e. The predicted octanol–water partition coefficient (Wildman–Crippen LogP) is 1.74. The number of nitriles is 1. The number of hydrogen-bond acceptors (Lipinski definition) is 4. The van der Waals surface area contributed by atoms with Crippen LogP contribution in [-0.4, -0.2) is 33.1 Å². The fourth-order valence-electron chi connectivity index (χ4n) is 2.77. The van der Waals surface area contributed by atoms with Gasteiger partial charge in [0.05, 0.1) is 17.9 Å². The molecule has 0 heterocycles. The van der Waals surface area contributed by atoms with Crippen LogP contribution in [-0.2, 0) is 14.6 Å². The third kappa shape index (κ3) is 2.38. The lowest BCUT2D eigenvalue weighted by Crippen LogP contribution is -2.18. The first-order valence-corrected chi connectivity index (χ1v) is 8.15. The van der Waals surface area contributed by atoms with E-state index in [0.717, 1.165) is 5.56 Å². The number of hydrogen-bond donors (Lipinski definition) is 0. The Bertz CT molecular complexity index is 591. The molecule has 1 aromatic rings. The van der Waals surface area contributed by atoms with Crippen molar-refractivity contribution in [2.45, 2.75) is 18.1 Å². The highest BCUT2D eigenvalue weighted by atomic mass is 32.2. The van der Waals surface area contributed by atoms with Gasteiger partial charge in [0.1, 0.15) is 5.41 Å². The molecular formula is C14H17NO3S. The summed E-state index contributed by atoms with van der Waals surface area (Å²) in [5.74, 6) is -0.291. The summed E-state index contributed by atoms with van der Waals surface area (Å²) in [6.07, 6.45) is 1.19. The van der Waals surface area contributed by atoms with Gasteiger partial charge in [-0.25, -0.2) is 8.42 Å². The van der Waals surface area contributed by atoms with Gasteiger partial charge in [-0.3, -0.25) is 0 Å². The van der Waals surface area contributed by atoms with Gasteiger partial charge in [0, 0.05) is 18.8 Å². The summed E-state index contributed by atoms with van der Waals surface area (Å²) in [5.41, 5.74) is -0.0514. The third-order valence-corrected chi connectivity index (χ3v) is 5.24. The van der Waals surface area contributed by atoms with Crippen molar-refractivity contribution >= 4 is 9.84 Å². The Morgan fingerprint density at radius 1 is 1.37 bits per heavy atom. The number of benzene rings is 1. The molecule has 1 aliphatic carbocycles. The molecule has 102 valence electrons. The SMILES string of the molecule is CCOC[C@@]1(C#N)[C@H](c2ccccc2)[C@@H]1S(C)(=O)=O. The first kappa shape index (κ1) is 14.0. The molecule has 19 heavy (non-hydrogen) atoms. The molecule has 1 aromatic carbocycles. The number of nitrogens with zero attached hydrogens (tertiary/aromatic N) is 1. The Balaban J connectivity index is 2.39. The highest BCUT2D eigenvalue weighted by molar-refractivity contribution is 7.91. The molecule has 0 amide bonds. The van der Waals surface area contributed by atoms with Crippen LogP contribution >= 0.6 is 0 Å². The van der Waals surface area contributed by atoms with Gasteiger partial charge in [-0.2, -0.15) is 5.26 Å². The normalized spacial score (nSPS) is 29.7. The van der Waals surface area contributed by atoms with E-state index in [1.54, 1.807) is 0 Å². The van der Waals surface area contributed by atoms with Crippen molar-refractivity contribution in [2.24, 2.45) is 5.41 Å². The van der Waals surface area contributed by atoms with E-state index in [1.165, 1.54) is 6.26 Å².